The quantitative estimate of drug-likeness (QED) is 0.651. The lowest BCUT2D eigenvalue weighted by Gasteiger charge is -2.21. The molecular weight excluding hydrogens is 270 g/mol. The summed E-state index contributed by atoms with van der Waals surface area (Å²) in [5.74, 6) is 0. The van der Waals surface area contributed by atoms with Crippen LogP contribution < -0.4 is 5.32 Å². The Balaban J connectivity index is 2.54. The molecule has 0 aliphatic rings. The van der Waals surface area contributed by atoms with E-state index in [1.54, 1.807) is 0 Å². The summed E-state index contributed by atoms with van der Waals surface area (Å²) >= 11 is 0. The van der Waals surface area contributed by atoms with Crippen molar-refractivity contribution in [1.29, 1.82) is 0 Å². The summed E-state index contributed by atoms with van der Waals surface area (Å²) in [4.78, 5) is 10.9. The summed E-state index contributed by atoms with van der Waals surface area (Å²) in [5.41, 5.74) is 1.11. The number of benzene rings is 1. The molecule has 0 heterocycles. The van der Waals surface area contributed by atoms with Crippen molar-refractivity contribution in [2.45, 2.75) is 45.4 Å². The van der Waals surface area contributed by atoms with E-state index in [2.05, 4.69) is 5.32 Å². The highest BCUT2D eigenvalue weighted by molar-refractivity contribution is 5.64. The number of amides is 1. The lowest BCUT2D eigenvalue weighted by atomic mass is 10.0. The van der Waals surface area contributed by atoms with Gasteiger partial charge in [-0.3, -0.25) is 0 Å². The van der Waals surface area contributed by atoms with Crippen molar-refractivity contribution in [3.8, 4) is 0 Å². The molecule has 5 nitrogen and oxygen atoms in total. The Morgan fingerprint density at radius 3 is 2.29 bits per heavy atom. The molecule has 1 atom stereocenters. The van der Waals surface area contributed by atoms with E-state index in [0.29, 0.717) is 32.5 Å². The second-order valence-electron chi connectivity index (χ2n) is 4.75. The molecule has 0 spiro atoms. The molecule has 0 bridgehead atoms. The van der Waals surface area contributed by atoms with Gasteiger partial charge in [-0.15, -0.1) is 0 Å². The van der Waals surface area contributed by atoms with Crippen LogP contribution in [0.2, 0.25) is 0 Å². The smallest absolute Gasteiger partial charge is 0.404 e. The summed E-state index contributed by atoms with van der Waals surface area (Å²) in [6.07, 6.45) is 0.734. The summed E-state index contributed by atoms with van der Waals surface area (Å²) in [6, 6.07) is 9.71. The molecule has 1 amide bonds. The number of rotatable bonds is 10. The number of nitrogens with one attached hydrogen (secondary N) is 1. The van der Waals surface area contributed by atoms with Crippen LogP contribution in [0.15, 0.2) is 30.3 Å². The molecule has 21 heavy (non-hydrogen) atoms. The minimum Gasteiger partial charge on any atom is -0.465 e. The maximum atomic E-state index is 10.9. The van der Waals surface area contributed by atoms with Crippen molar-refractivity contribution < 1.29 is 19.4 Å². The molecule has 1 aromatic carbocycles. The number of hydrogen-bond donors (Lipinski definition) is 2. The Morgan fingerprint density at radius 2 is 1.76 bits per heavy atom. The molecule has 5 heteroatoms. The Hall–Kier alpha value is -1.59. The highest BCUT2D eigenvalue weighted by atomic mass is 16.7. The molecule has 0 saturated heterocycles. The van der Waals surface area contributed by atoms with Gasteiger partial charge in [-0.05, 0) is 32.3 Å². The zero-order chi connectivity index (χ0) is 15.5. The van der Waals surface area contributed by atoms with Gasteiger partial charge in [0.25, 0.3) is 0 Å². The van der Waals surface area contributed by atoms with Crippen molar-refractivity contribution in [1.82, 2.24) is 5.32 Å². The first kappa shape index (κ1) is 17.5. The van der Waals surface area contributed by atoms with Gasteiger partial charge in [-0.25, -0.2) is 4.79 Å². The van der Waals surface area contributed by atoms with Crippen LogP contribution in [0.4, 0.5) is 4.79 Å². The van der Waals surface area contributed by atoms with Crippen LogP contribution in [0.5, 0.6) is 0 Å². The Labute approximate surface area is 126 Å². The van der Waals surface area contributed by atoms with Crippen LogP contribution in [-0.4, -0.2) is 36.7 Å². The summed E-state index contributed by atoms with van der Waals surface area (Å²) in [6.45, 7) is 5.01. The first-order valence-electron chi connectivity index (χ1n) is 7.42. The standard InChI is InChI=1S/C16H25NO4/c1-3-20-15(21-4-2)11-10-14(17-16(18)19)12-13-8-6-5-7-9-13/h5-9,14-15,17H,3-4,10-12H2,1-2H3,(H,18,19). The van der Waals surface area contributed by atoms with Gasteiger partial charge in [0.15, 0.2) is 6.29 Å². The number of ether oxygens (including phenoxy) is 2. The average Bonchev–Trinajstić information content (AvgIpc) is 2.45. The number of carboxylic acid groups (broad SMARTS) is 1. The largest absolute Gasteiger partial charge is 0.465 e. The first-order valence-corrected chi connectivity index (χ1v) is 7.42. The van der Waals surface area contributed by atoms with Crippen LogP contribution in [0, 0.1) is 0 Å². The highest BCUT2D eigenvalue weighted by Gasteiger charge is 2.16. The fourth-order valence-electron chi connectivity index (χ4n) is 2.22. The van der Waals surface area contributed by atoms with Gasteiger partial charge < -0.3 is 19.9 Å². The Morgan fingerprint density at radius 1 is 1.14 bits per heavy atom. The topological polar surface area (TPSA) is 67.8 Å². The van der Waals surface area contributed by atoms with E-state index < -0.39 is 6.09 Å². The molecule has 118 valence electrons. The molecule has 1 rings (SSSR count). The van der Waals surface area contributed by atoms with E-state index in [0.717, 1.165) is 5.56 Å². The highest BCUT2D eigenvalue weighted by Crippen LogP contribution is 2.12. The predicted octanol–water partition coefficient (Wildman–Crippen LogP) is 3.04. The second-order valence-corrected chi connectivity index (χ2v) is 4.75. The van der Waals surface area contributed by atoms with E-state index in [1.807, 2.05) is 44.2 Å². The monoisotopic (exact) mass is 295 g/mol. The number of carbonyl (C=O) groups is 1. The molecule has 0 saturated carbocycles. The lowest BCUT2D eigenvalue weighted by Crippen LogP contribution is -2.36. The zero-order valence-electron chi connectivity index (χ0n) is 12.7. The van der Waals surface area contributed by atoms with Crippen LogP contribution in [0.3, 0.4) is 0 Å². The van der Waals surface area contributed by atoms with Gasteiger partial charge in [-0.2, -0.15) is 0 Å². The fraction of sp³-hybridized carbons (Fsp3) is 0.562. The van der Waals surface area contributed by atoms with E-state index in [-0.39, 0.29) is 12.3 Å². The SMILES string of the molecule is CCOC(CCC(Cc1ccccc1)NC(=O)O)OCC. The Kier molecular flexibility index (Phi) is 8.47. The summed E-state index contributed by atoms with van der Waals surface area (Å²) in [7, 11) is 0. The minimum absolute atomic E-state index is 0.145. The van der Waals surface area contributed by atoms with Gasteiger partial charge in [0, 0.05) is 25.7 Å². The van der Waals surface area contributed by atoms with Crippen molar-refractivity contribution in [2.24, 2.45) is 0 Å². The molecule has 0 aliphatic carbocycles. The maximum absolute atomic E-state index is 10.9. The van der Waals surface area contributed by atoms with Crippen molar-refractivity contribution in [3.05, 3.63) is 35.9 Å². The van der Waals surface area contributed by atoms with Crippen molar-refractivity contribution in [3.63, 3.8) is 0 Å². The molecule has 0 aliphatic heterocycles. The van der Waals surface area contributed by atoms with Crippen molar-refractivity contribution in [2.75, 3.05) is 13.2 Å². The molecular formula is C16H25NO4. The van der Waals surface area contributed by atoms with Crippen LogP contribution in [0.25, 0.3) is 0 Å². The molecule has 0 fully saturated rings. The van der Waals surface area contributed by atoms with E-state index in [4.69, 9.17) is 14.6 Å². The van der Waals surface area contributed by atoms with Crippen LogP contribution >= 0.6 is 0 Å². The van der Waals surface area contributed by atoms with Crippen LogP contribution in [0.1, 0.15) is 32.3 Å². The van der Waals surface area contributed by atoms with E-state index in [9.17, 15) is 4.79 Å². The summed E-state index contributed by atoms with van der Waals surface area (Å²) < 4.78 is 11.0. The third-order valence-corrected chi connectivity index (χ3v) is 3.11. The minimum atomic E-state index is -1.000. The van der Waals surface area contributed by atoms with Crippen molar-refractivity contribution >= 4 is 6.09 Å². The normalized spacial score (nSPS) is 12.3. The van der Waals surface area contributed by atoms with E-state index in [1.165, 1.54) is 0 Å². The van der Waals surface area contributed by atoms with Crippen LogP contribution in [-0.2, 0) is 15.9 Å². The van der Waals surface area contributed by atoms with E-state index >= 15 is 0 Å². The van der Waals surface area contributed by atoms with Gasteiger partial charge in [0.1, 0.15) is 0 Å². The summed E-state index contributed by atoms with van der Waals surface area (Å²) in [5, 5.41) is 11.5. The van der Waals surface area contributed by atoms with Gasteiger partial charge >= 0.3 is 6.09 Å². The third kappa shape index (κ3) is 7.68. The zero-order valence-corrected chi connectivity index (χ0v) is 12.7. The lowest BCUT2D eigenvalue weighted by molar-refractivity contribution is -0.140. The second kappa shape index (κ2) is 10.2. The van der Waals surface area contributed by atoms with Gasteiger partial charge in [-0.1, -0.05) is 30.3 Å². The Bertz CT molecular complexity index is 391. The number of hydrogen-bond acceptors (Lipinski definition) is 3. The molecule has 0 radical (unpaired) electrons. The maximum Gasteiger partial charge on any atom is 0.404 e. The molecule has 2 N–H and O–H groups in total. The molecule has 0 aromatic heterocycles. The fourth-order valence-corrected chi connectivity index (χ4v) is 2.22. The van der Waals surface area contributed by atoms with Gasteiger partial charge in [0.05, 0.1) is 0 Å². The third-order valence-electron chi connectivity index (χ3n) is 3.11. The molecule has 1 unspecified atom stereocenters. The first-order chi connectivity index (χ1) is 10.2. The molecule has 1 aromatic rings. The predicted molar refractivity (Wildman–Crippen MR) is 81.4 cm³/mol. The average molecular weight is 295 g/mol. The van der Waals surface area contributed by atoms with Gasteiger partial charge in [0.2, 0.25) is 0 Å².